The Hall–Kier alpha value is -1.45. The summed E-state index contributed by atoms with van der Waals surface area (Å²) in [7, 11) is 0.431. The number of benzene rings is 1. The van der Waals surface area contributed by atoms with E-state index in [4.69, 9.17) is 9.47 Å². The zero-order valence-corrected chi connectivity index (χ0v) is 12.8. The summed E-state index contributed by atoms with van der Waals surface area (Å²) in [5.41, 5.74) is 0.539. The van der Waals surface area contributed by atoms with Crippen LogP contribution in [0, 0.1) is 0 Å². The zero-order chi connectivity index (χ0) is 16.0. The average Bonchev–Trinajstić information content (AvgIpc) is 2.44. The van der Waals surface area contributed by atoms with E-state index >= 15 is 0 Å². The molecule has 0 bridgehead atoms. The van der Waals surface area contributed by atoms with Crippen LogP contribution in [0.1, 0.15) is 5.56 Å². The lowest BCUT2D eigenvalue weighted by Crippen LogP contribution is -2.28. The number of hydrogen-bond acceptors (Lipinski definition) is 5. The number of ether oxygens (including phenoxy) is 2. The summed E-state index contributed by atoms with van der Waals surface area (Å²) in [5.74, 6) is 0.599. The maximum Gasteiger partial charge on any atom is 0.251 e. The van der Waals surface area contributed by atoms with Gasteiger partial charge in [0, 0.05) is 18.2 Å². The van der Waals surface area contributed by atoms with Crippen LogP contribution in [0.5, 0.6) is 11.5 Å². The van der Waals surface area contributed by atoms with Gasteiger partial charge in [-0.25, -0.2) is 21.9 Å². The molecule has 21 heavy (non-hydrogen) atoms. The third-order valence-corrected chi connectivity index (χ3v) is 4.04. The smallest absolute Gasteiger partial charge is 0.251 e. The maximum atomic E-state index is 12.2. The quantitative estimate of drug-likeness (QED) is 0.745. The molecule has 0 spiro atoms. The highest BCUT2D eigenvalue weighted by Crippen LogP contribution is 2.34. The largest absolute Gasteiger partial charge is 0.493 e. The van der Waals surface area contributed by atoms with Gasteiger partial charge in [-0.05, 0) is 13.1 Å². The molecule has 1 rings (SSSR count). The van der Waals surface area contributed by atoms with Crippen LogP contribution in [-0.4, -0.2) is 42.7 Å². The third kappa shape index (κ3) is 4.51. The molecule has 0 aromatic heterocycles. The second kappa shape index (κ2) is 7.53. The Morgan fingerprint density at radius 1 is 1.24 bits per heavy atom. The van der Waals surface area contributed by atoms with Crippen LogP contribution >= 0.6 is 0 Å². The predicted octanol–water partition coefficient (Wildman–Crippen LogP) is 0.967. The predicted molar refractivity (Wildman–Crippen MR) is 73.5 cm³/mol. The van der Waals surface area contributed by atoms with Crippen molar-refractivity contribution in [3.63, 3.8) is 0 Å². The van der Waals surface area contributed by atoms with E-state index in [0.29, 0.717) is 17.9 Å². The van der Waals surface area contributed by atoms with Crippen LogP contribution in [-0.2, 0) is 16.6 Å². The van der Waals surface area contributed by atoms with Gasteiger partial charge in [0.05, 0.1) is 25.7 Å². The molecule has 0 heterocycles. The van der Waals surface area contributed by atoms with Crippen molar-refractivity contribution in [1.82, 2.24) is 10.0 Å². The van der Waals surface area contributed by atoms with E-state index in [2.05, 4.69) is 5.32 Å². The standard InChI is InChI=1S/C12H18F2N2O4S/c1-15-6-8-4-9(5-10(19-2)12(8)20-3)21(17,18)16-7-11(13)14/h4-5,11,15-16H,6-7H2,1-3H3. The second-order valence-electron chi connectivity index (χ2n) is 4.09. The van der Waals surface area contributed by atoms with E-state index in [1.54, 1.807) is 7.05 Å². The molecule has 120 valence electrons. The number of nitrogens with one attached hydrogen (secondary N) is 2. The van der Waals surface area contributed by atoms with Gasteiger partial charge in [-0.1, -0.05) is 0 Å². The molecule has 0 atom stereocenters. The topological polar surface area (TPSA) is 76.7 Å². The summed E-state index contributed by atoms with van der Waals surface area (Å²) < 4.78 is 60.4. The molecule has 0 aliphatic rings. The third-order valence-electron chi connectivity index (χ3n) is 2.63. The van der Waals surface area contributed by atoms with Crippen LogP contribution in [0.2, 0.25) is 0 Å². The Morgan fingerprint density at radius 3 is 2.38 bits per heavy atom. The summed E-state index contributed by atoms with van der Waals surface area (Å²) in [6.07, 6.45) is -2.77. The van der Waals surface area contributed by atoms with Crippen LogP contribution in [0.15, 0.2) is 17.0 Å². The van der Waals surface area contributed by atoms with Crippen molar-refractivity contribution in [2.75, 3.05) is 27.8 Å². The van der Waals surface area contributed by atoms with E-state index in [1.807, 2.05) is 4.72 Å². The molecule has 0 unspecified atom stereocenters. The van der Waals surface area contributed by atoms with Crippen molar-refractivity contribution in [2.24, 2.45) is 0 Å². The molecule has 0 saturated carbocycles. The summed E-state index contributed by atoms with van der Waals surface area (Å²) in [5, 5.41) is 2.87. The van der Waals surface area contributed by atoms with E-state index in [-0.39, 0.29) is 10.6 Å². The van der Waals surface area contributed by atoms with E-state index in [9.17, 15) is 17.2 Å². The Labute approximate surface area is 122 Å². The number of rotatable bonds is 8. The molecule has 0 fully saturated rings. The maximum absolute atomic E-state index is 12.2. The highest BCUT2D eigenvalue weighted by molar-refractivity contribution is 7.89. The minimum absolute atomic E-state index is 0.161. The minimum Gasteiger partial charge on any atom is -0.493 e. The lowest BCUT2D eigenvalue weighted by Gasteiger charge is -2.15. The molecular weight excluding hydrogens is 306 g/mol. The molecule has 1 aromatic carbocycles. The van der Waals surface area contributed by atoms with Crippen LogP contribution in [0.25, 0.3) is 0 Å². The Bertz CT molecular complexity index is 579. The molecule has 1 aromatic rings. The van der Waals surface area contributed by atoms with Gasteiger partial charge in [-0.3, -0.25) is 0 Å². The van der Waals surface area contributed by atoms with Crippen molar-refractivity contribution < 1.29 is 26.7 Å². The number of halogens is 2. The fraction of sp³-hybridized carbons (Fsp3) is 0.500. The lowest BCUT2D eigenvalue weighted by atomic mass is 10.2. The van der Waals surface area contributed by atoms with E-state index in [1.165, 1.54) is 26.4 Å². The lowest BCUT2D eigenvalue weighted by molar-refractivity contribution is 0.153. The Kier molecular flexibility index (Phi) is 6.31. The molecule has 0 radical (unpaired) electrons. The molecule has 9 heteroatoms. The summed E-state index contributed by atoms with van der Waals surface area (Å²) in [6.45, 7) is -0.615. The first-order valence-corrected chi connectivity index (χ1v) is 7.51. The second-order valence-corrected chi connectivity index (χ2v) is 5.86. The van der Waals surface area contributed by atoms with Gasteiger partial charge < -0.3 is 14.8 Å². The first kappa shape index (κ1) is 17.6. The fourth-order valence-electron chi connectivity index (χ4n) is 1.75. The van der Waals surface area contributed by atoms with Gasteiger partial charge in [-0.2, -0.15) is 0 Å². The van der Waals surface area contributed by atoms with Crippen molar-refractivity contribution in [3.8, 4) is 11.5 Å². The first-order valence-electron chi connectivity index (χ1n) is 6.03. The van der Waals surface area contributed by atoms with Crippen molar-refractivity contribution in [1.29, 1.82) is 0 Å². The fourth-order valence-corrected chi connectivity index (χ4v) is 2.82. The highest BCUT2D eigenvalue weighted by atomic mass is 32.2. The molecule has 0 aliphatic heterocycles. The highest BCUT2D eigenvalue weighted by Gasteiger charge is 2.21. The SMILES string of the molecule is CNCc1cc(S(=O)(=O)NCC(F)F)cc(OC)c1OC. The molecule has 6 nitrogen and oxygen atoms in total. The number of hydrogen-bond donors (Lipinski definition) is 2. The van der Waals surface area contributed by atoms with E-state index < -0.39 is 23.0 Å². The van der Waals surface area contributed by atoms with Crippen LogP contribution < -0.4 is 19.5 Å². The number of sulfonamides is 1. The average molecular weight is 324 g/mol. The van der Waals surface area contributed by atoms with Crippen LogP contribution in [0.3, 0.4) is 0 Å². The monoisotopic (exact) mass is 324 g/mol. The van der Waals surface area contributed by atoms with Crippen molar-refractivity contribution in [2.45, 2.75) is 17.9 Å². The van der Waals surface area contributed by atoms with Gasteiger partial charge in [0.2, 0.25) is 10.0 Å². The van der Waals surface area contributed by atoms with Gasteiger partial charge in [0.1, 0.15) is 0 Å². The zero-order valence-electron chi connectivity index (χ0n) is 11.9. The molecule has 0 amide bonds. The summed E-state index contributed by atoms with van der Waals surface area (Å²) >= 11 is 0. The molecule has 0 aliphatic carbocycles. The Morgan fingerprint density at radius 2 is 1.90 bits per heavy atom. The van der Waals surface area contributed by atoms with Gasteiger partial charge in [0.25, 0.3) is 6.43 Å². The van der Waals surface area contributed by atoms with Gasteiger partial charge in [0.15, 0.2) is 11.5 Å². The molecule has 2 N–H and O–H groups in total. The molecule has 0 saturated heterocycles. The number of methoxy groups -OCH3 is 2. The molecular formula is C12H18F2N2O4S. The van der Waals surface area contributed by atoms with Gasteiger partial charge >= 0.3 is 0 Å². The van der Waals surface area contributed by atoms with Crippen LogP contribution in [0.4, 0.5) is 8.78 Å². The first-order chi connectivity index (χ1) is 9.85. The van der Waals surface area contributed by atoms with E-state index in [0.717, 1.165) is 0 Å². The Balaban J connectivity index is 3.27. The summed E-state index contributed by atoms with van der Waals surface area (Å²) in [6, 6.07) is 2.58. The number of alkyl halides is 2. The van der Waals surface area contributed by atoms with Gasteiger partial charge in [-0.15, -0.1) is 0 Å². The minimum atomic E-state index is -4.05. The van der Waals surface area contributed by atoms with Crippen molar-refractivity contribution in [3.05, 3.63) is 17.7 Å². The normalized spacial score (nSPS) is 11.7. The summed E-state index contributed by atoms with van der Waals surface area (Å²) in [4.78, 5) is -0.161. The van der Waals surface area contributed by atoms with Crippen molar-refractivity contribution >= 4 is 10.0 Å².